The molecule has 20 heavy (non-hydrogen) atoms. The normalized spacial score (nSPS) is 10.3. The number of nitro benzene ring substituents is 1. The van der Waals surface area contributed by atoms with Crippen LogP contribution in [0.1, 0.15) is 18.3 Å². The molecule has 0 radical (unpaired) electrons. The number of hydrogen-bond donors (Lipinski definition) is 0. The number of halogens is 1. The summed E-state index contributed by atoms with van der Waals surface area (Å²) in [6.45, 7) is 3.83. The summed E-state index contributed by atoms with van der Waals surface area (Å²) < 4.78 is 5.64. The van der Waals surface area contributed by atoms with E-state index in [4.69, 9.17) is 16.3 Å². The van der Waals surface area contributed by atoms with Crippen molar-refractivity contribution in [3.63, 3.8) is 0 Å². The van der Waals surface area contributed by atoms with E-state index in [0.29, 0.717) is 12.2 Å². The standard InChI is InChI=1S/C14H13ClN2O3/c1-3-11-12(8-7-9(2)16-11)20-13-6-4-5-10(15)14(13)17(18)19/h4-8H,3H2,1-2H3. The SMILES string of the molecule is CCc1nc(C)ccc1Oc1cccc(Cl)c1[N+](=O)[O-]. The number of aromatic nitrogens is 1. The summed E-state index contributed by atoms with van der Waals surface area (Å²) in [7, 11) is 0. The van der Waals surface area contributed by atoms with Crippen LogP contribution in [0.25, 0.3) is 0 Å². The highest BCUT2D eigenvalue weighted by atomic mass is 35.5. The summed E-state index contributed by atoms with van der Waals surface area (Å²) in [5.41, 5.74) is 1.38. The van der Waals surface area contributed by atoms with E-state index in [1.807, 2.05) is 13.8 Å². The van der Waals surface area contributed by atoms with E-state index < -0.39 is 4.92 Å². The summed E-state index contributed by atoms with van der Waals surface area (Å²) in [5.74, 6) is 0.617. The zero-order valence-electron chi connectivity index (χ0n) is 11.1. The van der Waals surface area contributed by atoms with Crippen molar-refractivity contribution in [1.29, 1.82) is 0 Å². The van der Waals surface area contributed by atoms with Crippen LogP contribution in [-0.2, 0) is 6.42 Å². The van der Waals surface area contributed by atoms with E-state index in [2.05, 4.69) is 4.98 Å². The lowest BCUT2D eigenvalue weighted by Crippen LogP contribution is -1.98. The smallest absolute Gasteiger partial charge is 0.329 e. The molecule has 0 aliphatic carbocycles. The van der Waals surface area contributed by atoms with Crippen molar-refractivity contribution in [2.75, 3.05) is 0 Å². The van der Waals surface area contributed by atoms with Crippen LogP contribution in [0.2, 0.25) is 5.02 Å². The van der Waals surface area contributed by atoms with Crippen LogP contribution < -0.4 is 4.74 Å². The zero-order valence-corrected chi connectivity index (χ0v) is 11.8. The number of rotatable bonds is 4. The molecule has 0 amide bonds. The fraction of sp³-hybridized carbons (Fsp3) is 0.214. The van der Waals surface area contributed by atoms with Crippen molar-refractivity contribution in [2.45, 2.75) is 20.3 Å². The third kappa shape index (κ3) is 2.88. The first-order valence-electron chi connectivity index (χ1n) is 6.10. The first kappa shape index (κ1) is 14.3. The third-order valence-electron chi connectivity index (χ3n) is 2.76. The predicted octanol–water partition coefficient (Wildman–Crippen LogP) is 4.31. The lowest BCUT2D eigenvalue weighted by atomic mass is 10.2. The number of benzene rings is 1. The van der Waals surface area contributed by atoms with Crippen LogP contribution >= 0.6 is 11.6 Å². The van der Waals surface area contributed by atoms with Gasteiger partial charge in [0.15, 0.2) is 0 Å². The minimum Gasteiger partial charge on any atom is -0.448 e. The monoisotopic (exact) mass is 292 g/mol. The van der Waals surface area contributed by atoms with Crippen LogP contribution in [-0.4, -0.2) is 9.91 Å². The maximum absolute atomic E-state index is 11.1. The first-order chi connectivity index (χ1) is 9.52. The van der Waals surface area contributed by atoms with Crippen molar-refractivity contribution in [3.8, 4) is 11.5 Å². The van der Waals surface area contributed by atoms with Crippen molar-refractivity contribution < 1.29 is 9.66 Å². The number of ether oxygens (including phenoxy) is 1. The highest BCUT2D eigenvalue weighted by Crippen LogP contribution is 2.37. The second-order valence-electron chi connectivity index (χ2n) is 4.20. The Morgan fingerprint density at radius 1 is 1.30 bits per heavy atom. The molecule has 6 heteroatoms. The highest BCUT2D eigenvalue weighted by Gasteiger charge is 2.21. The molecular formula is C14H13ClN2O3. The van der Waals surface area contributed by atoms with Gasteiger partial charge in [0.25, 0.3) is 0 Å². The van der Waals surface area contributed by atoms with Gasteiger partial charge in [0, 0.05) is 5.69 Å². The lowest BCUT2D eigenvalue weighted by Gasteiger charge is -2.10. The van der Waals surface area contributed by atoms with E-state index in [9.17, 15) is 10.1 Å². The molecule has 0 saturated heterocycles. The van der Waals surface area contributed by atoms with Gasteiger partial charge < -0.3 is 4.74 Å². The van der Waals surface area contributed by atoms with Crippen LogP contribution in [0.4, 0.5) is 5.69 Å². The summed E-state index contributed by atoms with van der Waals surface area (Å²) in [5, 5.41) is 11.1. The van der Waals surface area contributed by atoms with E-state index in [1.54, 1.807) is 18.2 Å². The molecule has 5 nitrogen and oxygen atoms in total. The minimum absolute atomic E-state index is 0.0469. The van der Waals surface area contributed by atoms with E-state index in [-0.39, 0.29) is 16.5 Å². The summed E-state index contributed by atoms with van der Waals surface area (Å²) in [6, 6.07) is 8.14. The number of aryl methyl sites for hydroxylation is 2. The average molecular weight is 293 g/mol. The number of nitro groups is 1. The number of hydrogen-bond acceptors (Lipinski definition) is 4. The molecule has 0 saturated carbocycles. The molecule has 0 bridgehead atoms. The van der Waals surface area contributed by atoms with Gasteiger partial charge in [-0.3, -0.25) is 15.1 Å². The van der Waals surface area contributed by atoms with Gasteiger partial charge in [-0.25, -0.2) is 0 Å². The Labute approximate surface area is 121 Å². The van der Waals surface area contributed by atoms with Gasteiger partial charge >= 0.3 is 5.69 Å². The Hall–Kier alpha value is -2.14. The van der Waals surface area contributed by atoms with Gasteiger partial charge in [-0.15, -0.1) is 0 Å². The van der Waals surface area contributed by atoms with Crippen LogP contribution in [0.5, 0.6) is 11.5 Å². The second-order valence-corrected chi connectivity index (χ2v) is 4.60. The quantitative estimate of drug-likeness (QED) is 0.622. The molecule has 0 N–H and O–H groups in total. The molecule has 104 valence electrons. The average Bonchev–Trinajstić information content (AvgIpc) is 2.40. The first-order valence-corrected chi connectivity index (χ1v) is 6.48. The molecule has 1 heterocycles. The molecule has 0 atom stereocenters. The van der Waals surface area contributed by atoms with Crippen molar-refractivity contribution in [3.05, 3.63) is 56.9 Å². The molecular weight excluding hydrogens is 280 g/mol. The van der Waals surface area contributed by atoms with Crippen LogP contribution in [0, 0.1) is 17.0 Å². The summed E-state index contributed by atoms with van der Waals surface area (Å²) >= 11 is 5.85. The molecule has 1 aromatic heterocycles. The largest absolute Gasteiger partial charge is 0.448 e. The van der Waals surface area contributed by atoms with E-state index in [1.165, 1.54) is 12.1 Å². The van der Waals surface area contributed by atoms with E-state index in [0.717, 1.165) is 11.4 Å². The van der Waals surface area contributed by atoms with Gasteiger partial charge in [0.05, 0.1) is 10.6 Å². The Kier molecular flexibility index (Phi) is 4.20. The van der Waals surface area contributed by atoms with Gasteiger partial charge in [-0.05, 0) is 37.6 Å². The summed E-state index contributed by atoms with van der Waals surface area (Å²) in [4.78, 5) is 14.9. The molecule has 0 spiro atoms. The zero-order chi connectivity index (χ0) is 14.7. The Morgan fingerprint density at radius 3 is 2.70 bits per heavy atom. The number of pyridine rings is 1. The molecule has 2 aromatic rings. The third-order valence-corrected chi connectivity index (χ3v) is 3.06. The fourth-order valence-electron chi connectivity index (χ4n) is 1.82. The maximum Gasteiger partial charge on any atom is 0.329 e. The molecule has 0 aliphatic heterocycles. The predicted molar refractivity (Wildman–Crippen MR) is 76.5 cm³/mol. The van der Waals surface area contributed by atoms with Crippen molar-refractivity contribution >= 4 is 17.3 Å². The Morgan fingerprint density at radius 2 is 2.05 bits per heavy atom. The van der Waals surface area contributed by atoms with Gasteiger partial charge in [0.2, 0.25) is 5.75 Å². The number of nitrogens with zero attached hydrogens (tertiary/aromatic N) is 2. The van der Waals surface area contributed by atoms with Gasteiger partial charge in [0.1, 0.15) is 10.8 Å². The second kappa shape index (κ2) is 5.88. The molecule has 0 fully saturated rings. The van der Waals surface area contributed by atoms with E-state index >= 15 is 0 Å². The lowest BCUT2D eigenvalue weighted by molar-refractivity contribution is -0.385. The fourth-order valence-corrected chi connectivity index (χ4v) is 2.05. The van der Waals surface area contributed by atoms with Crippen LogP contribution in [0.3, 0.4) is 0 Å². The van der Waals surface area contributed by atoms with Gasteiger partial charge in [-0.1, -0.05) is 24.6 Å². The van der Waals surface area contributed by atoms with Crippen molar-refractivity contribution in [1.82, 2.24) is 4.98 Å². The highest BCUT2D eigenvalue weighted by molar-refractivity contribution is 6.32. The van der Waals surface area contributed by atoms with Crippen LogP contribution in [0.15, 0.2) is 30.3 Å². The topological polar surface area (TPSA) is 65.3 Å². The summed E-state index contributed by atoms with van der Waals surface area (Å²) in [6.07, 6.45) is 0.672. The molecule has 0 aliphatic rings. The number of para-hydroxylation sites is 1. The van der Waals surface area contributed by atoms with Gasteiger partial charge in [-0.2, -0.15) is 0 Å². The molecule has 2 rings (SSSR count). The minimum atomic E-state index is -0.551. The maximum atomic E-state index is 11.1. The molecule has 0 unspecified atom stereocenters. The molecule has 1 aromatic carbocycles. The van der Waals surface area contributed by atoms with Crippen molar-refractivity contribution in [2.24, 2.45) is 0 Å². The Balaban J connectivity index is 2.45. The Bertz CT molecular complexity index is 659.